The summed E-state index contributed by atoms with van der Waals surface area (Å²) >= 11 is 6.01. The number of benzene rings is 3. The van der Waals surface area contributed by atoms with Crippen LogP contribution < -0.4 is 14.2 Å². The molecule has 0 bridgehead atoms. The minimum absolute atomic E-state index is 0.0538. The first-order valence-corrected chi connectivity index (χ1v) is 9.23. The fourth-order valence-electron chi connectivity index (χ4n) is 2.99. The van der Waals surface area contributed by atoms with Crippen molar-refractivity contribution in [1.82, 2.24) is 0 Å². The minimum Gasteiger partial charge on any atom is -0.496 e. The number of halogens is 2. The molecule has 30 heavy (non-hydrogen) atoms. The van der Waals surface area contributed by atoms with Crippen molar-refractivity contribution in [3.63, 3.8) is 0 Å². The molecule has 0 spiro atoms. The van der Waals surface area contributed by atoms with E-state index in [0.717, 1.165) is 0 Å². The van der Waals surface area contributed by atoms with Crippen LogP contribution in [0.5, 0.6) is 17.2 Å². The Kier molecular flexibility index (Phi) is 5.25. The second-order valence-corrected chi connectivity index (χ2v) is 6.73. The summed E-state index contributed by atoms with van der Waals surface area (Å²) in [6.07, 6.45) is 1.25. The first-order valence-electron chi connectivity index (χ1n) is 8.85. The van der Waals surface area contributed by atoms with Crippen LogP contribution in [-0.2, 0) is 0 Å². The quantitative estimate of drug-likeness (QED) is 0.322. The predicted molar refractivity (Wildman–Crippen MR) is 109 cm³/mol. The zero-order chi connectivity index (χ0) is 21.3. The van der Waals surface area contributed by atoms with Crippen LogP contribution in [0.3, 0.4) is 0 Å². The molecule has 150 valence electrons. The Bertz CT molecular complexity index is 1180. The Balaban J connectivity index is 1.59. The van der Waals surface area contributed by atoms with E-state index in [-0.39, 0.29) is 39.0 Å². The summed E-state index contributed by atoms with van der Waals surface area (Å²) in [5.74, 6) is -0.940. The fraction of sp³-hybridized carbons (Fsp3) is 0.0435. The lowest BCUT2D eigenvalue weighted by Crippen LogP contribution is -2.10. The van der Waals surface area contributed by atoms with Gasteiger partial charge in [0.25, 0.3) is 0 Å². The fourth-order valence-corrected chi connectivity index (χ4v) is 3.20. The SMILES string of the molecule is COc1ccccc1C(=O)Oc1ccc2c(c1)O/C(=C\c1c(F)cccc1Cl)C2=O. The molecule has 1 aliphatic rings. The number of hydrogen-bond donors (Lipinski definition) is 0. The van der Waals surface area contributed by atoms with Gasteiger partial charge in [-0.3, -0.25) is 4.79 Å². The van der Waals surface area contributed by atoms with E-state index in [0.29, 0.717) is 5.75 Å². The van der Waals surface area contributed by atoms with Crippen LogP contribution in [0.4, 0.5) is 4.39 Å². The highest BCUT2D eigenvalue weighted by Gasteiger charge is 2.29. The summed E-state index contributed by atoms with van der Waals surface area (Å²) < 4.78 is 30.2. The molecular formula is C23H14ClFO5. The van der Waals surface area contributed by atoms with Gasteiger partial charge in [-0.05, 0) is 42.5 Å². The lowest BCUT2D eigenvalue weighted by Gasteiger charge is -2.08. The highest BCUT2D eigenvalue weighted by Crippen LogP contribution is 2.36. The number of carbonyl (C=O) groups excluding carboxylic acids is 2. The Morgan fingerprint density at radius 2 is 1.90 bits per heavy atom. The van der Waals surface area contributed by atoms with E-state index >= 15 is 0 Å². The molecule has 1 aliphatic heterocycles. The number of carbonyl (C=O) groups is 2. The first-order chi connectivity index (χ1) is 14.5. The van der Waals surface area contributed by atoms with E-state index in [1.807, 2.05) is 0 Å². The molecule has 0 fully saturated rings. The van der Waals surface area contributed by atoms with Crippen LogP contribution in [-0.4, -0.2) is 18.9 Å². The van der Waals surface area contributed by atoms with E-state index in [1.54, 1.807) is 24.3 Å². The van der Waals surface area contributed by atoms with Crippen LogP contribution in [0, 0.1) is 5.82 Å². The van der Waals surface area contributed by atoms with Crippen molar-refractivity contribution in [1.29, 1.82) is 0 Å². The second kappa shape index (κ2) is 8.00. The van der Waals surface area contributed by atoms with Crippen LogP contribution in [0.25, 0.3) is 6.08 Å². The molecule has 4 rings (SSSR count). The van der Waals surface area contributed by atoms with Gasteiger partial charge in [-0.2, -0.15) is 0 Å². The molecule has 0 atom stereocenters. The topological polar surface area (TPSA) is 61.8 Å². The summed E-state index contributed by atoms with van der Waals surface area (Å²) in [6, 6.07) is 15.2. The highest BCUT2D eigenvalue weighted by molar-refractivity contribution is 6.32. The molecule has 0 aromatic heterocycles. The average molecular weight is 425 g/mol. The lowest BCUT2D eigenvalue weighted by molar-refractivity contribution is 0.0731. The van der Waals surface area contributed by atoms with Gasteiger partial charge < -0.3 is 14.2 Å². The third-order valence-electron chi connectivity index (χ3n) is 4.45. The highest BCUT2D eigenvalue weighted by atomic mass is 35.5. The van der Waals surface area contributed by atoms with Crippen LogP contribution in [0.1, 0.15) is 26.3 Å². The maximum absolute atomic E-state index is 14.0. The number of hydrogen-bond acceptors (Lipinski definition) is 5. The zero-order valence-corrected chi connectivity index (χ0v) is 16.4. The number of rotatable bonds is 4. The maximum Gasteiger partial charge on any atom is 0.347 e. The molecule has 1 heterocycles. The van der Waals surface area contributed by atoms with Crippen LogP contribution >= 0.6 is 11.6 Å². The molecule has 7 heteroatoms. The lowest BCUT2D eigenvalue weighted by atomic mass is 10.1. The number of ketones is 1. The largest absolute Gasteiger partial charge is 0.496 e. The van der Waals surface area contributed by atoms with Gasteiger partial charge in [0.2, 0.25) is 5.78 Å². The van der Waals surface area contributed by atoms with Gasteiger partial charge in [-0.15, -0.1) is 0 Å². The number of esters is 1. The third kappa shape index (κ3) is 3.65. The number of fused-ring (bicyclic) bond motifs is 1. The van der Waals surface area contributed by atoms with E-state index in [1.165, 1.54) is 49.6 Å². The van der Waals surface area contributed by atoms with Crippen molar-refractivity contribution >= 4 is 29.4 Å². The molecule has 0 saturated carbocycles. The summed E-state index contributed by atoms with van der Waals surface area (Å²) in [6.45, 7) is 0. The van der Waals surface area contributed by atoms with Gasteiger partial charge in [-0.1, -0.05) is 29.8 Å². The number of para-hydroxylation sites is 1. The first kappa shape index (κ1) is 19.7. The molecule has 5 nitrogen and oxygen atoms in total. The van der Waals surface area contributed by atoms with Crippen molar-refractivity contribution in [2.24, 2.45) is 0 Å². The van der Waals surface area contributed by atoms with Crippen molar-refractivity contribution in [2.45, 2.75) is 0 Å². The predicted octanol–water partition coefficient (Wildman–Crippen LogP) is 5.32. The molecule has 0 N–H and O–H groups in total. The van der Waals surface area contributed by atoms with Gasteiger partial charge in [0.1, 0.15) is 28.6 Å². The van der Waals surface area contributed by atoms with Gasteiger partial charge in [0.05, 0.1) is 17.7 Å². The summed E-state index contributed by atoms with van der Waals surface area (Å²) in [7, 11) is 1.46. The van der Waals surface area contributed by atoms with E-state index in [2.05, 4.69) is 0 Å². The van der Waals surface area contributed by atoms with Crippen LogP contribution in [0.15, 0.2) is 66.4 Å². The zero-order valence-electron chi connectivity index (χ0n) is 15.6. The summed E-state index contributed by atoms with van der Waals surface area (Å²) in [4.78, 5) is 25.0. The van der Waals surface area contributed by atoms with Crippen molar-refractivity contribution in [3.8, 4) is 17.2 Å². The Morgan fingerprint density at radius 3 is 2.67 bits per heavy atom. The van der Waals surface area contributed by atoms with Crippen molar-refractivity contribution < 1.29 is 28.2 Å². The van der Waals surface area contributed by atoms with E-state index in [9.17, 15) is 14.0 Å². The van der Waals surface area contributed by atoms with Gasteiger partial charge in [0, 0.05) is 11.6 Å². The van der Waals surface area contributed by atoms with Crippen molar-refractivity contribution in [2.75, 3.05) is 7.11 Å². The molecule has 0 unspecified atom stereocenters. The summed E-state index contributed by atoms with van der Waals surface area (Å²) in [5.41, 5.74) is 0.580. The molecule has 3 aromatic carbocycles. The van der Waals surface area contributed by atoms with Gasteiger partial charge in [-0.25, -0.2) is 9.18 Å². The Labute approximate surface area is 176 Å². The third-order valence-corrected chi connectivity index (χ3v) is 4.78. The Morgan fingerprint density at radius 1 is 1.10 bits per heavy atom. The number of ether oxygens (including phenoxy) is 3. The van der Waals surface area contributed by atoms with Gasteiger partial charge >= 0.3 is 5.97 Å². The van der Waals surface area contributed by atoms with Gasteiger partial charge in [0.15, 0.2) is 5.76 Å². The molecule has 0 radical (unpaired) electrons. The second-order valence-electron chi connectivity index (χ2n) is 6.32. The number of methoxy groups -OCH3 is 1. The molecule has 0 saturated heterocycles. The minimum atomic E-state index is -0.620. The normalized spacial score (nSPS) is 13.7. The molecule has 3 aromatic rings. The molecule has 0 aliphatic carbocycles. The monoisotopic (exact) mass is 424 g/mol. The number of Topliss-reactive ketones (excluding diaryl/α,β-unsaturated/α-hetero) is 1. The smallest absolute Gasteiger partial charge is 0.347 e. The molecular weight excluding hydrogens is 411 g/mol. The maximum atomic E-state index is 14.0. The van der Waals surface area contributed by atoms with Crippen molar-refractivity contribution in [3.05, 3.63) is 94.0 Å². The van der Waals surface area contributed by atoms with E-state index < -0.39 is 17.6 Å². The van der Waals surface area contributed by atoms with Crippen LogP contribution in [0.2, 0.25) is 5.02 Å². The Hall–Kier alpha value is -3.64. The standard InChI is InChI=1S/C23H14ClFO5/c1-28-19-8-3-2-5-15(19)23(27)29-13-9-10-14-20(11-13)30-21(22(14)26)12-16-17(24)6-4-7-18(16)25/h2-12H,1H3/b21-12-. The number of allylic oxidation sites excluding steroid dienone is 1. The summed E-state index contributed by atoms with van der Waals surface area (Å²) in [5, 5.41) is 0.154. The van der Waals surface area contributed by atoms with E-state index in [4.69, 9.17) is 25.8 Å². The average Bonchev–Trinajstić information content (AvgIpc) is 3.05. The molecule has 0 amide bonds.